The highest BCUT2D eigenvalue weighted by molar-refractivity contribution is 5.73. The highest BCUT2D eigenvalue weighted by Crippen LogP contribution is 2.51. The molecule has 4 rings (SSSR count). The molecular formula is C14H14O4. The van der Waals surface area contributed by atoms with Crippen LogP contribution in [-0.2, 0) is 25.8 Å². The SMILES string of the molecule is C[C@@H](C(=O)O)[C@]12C=C[C@](C)(OO1)c1ccccc12. The van der Waals surface area contributed by atoms with Crippen LogP contribution in [0.15, 0.2) is 36.4 Å². The monoisotopic (exact) mass is 246 g/mol. The number of carboxylic acid groups (broad SMARTS) is 1. The molecule has 0 fully saturated rings. The first-order valence-corrected chi connectivity index (χ1v) is 5.90. The van der Waals surface area contributed by atoms with Gasteiger partial charge >= 0.3 is 5.97 Å². The van der Waals surface area contributed by atoms with E-state index in [1.54, 1.807) is 13.0 Å². The van der Waals surface area contributed by atoms with E-state index < -0.39 is 23.1 Å². The minimum Gasteiger partial charge on any atom is -0.481 e. The summed E-state index contributed by atoms with van der Waals surface area (Å²) in [6, 6.07) is 7.65. The van der Waals surface area contributed by atoms with Gasteiger partial charge in [-0.15, -0.1) is 0 Å². The van der Waals surface area contributed by atoms with Gasteiger partial charge in [-0.2, -0.15) is 0 Å². The zero-order valence-electron chi connectivity index (χ0n) is 10.2. The molecule has 2 aliphatic heterocycles. The molecule has 4 nitrogen and oxygen atoms in total. The number of hydrogen-bond donors (Lipinski definition) is 1. The molecule has 0 spiro atoms. The Kier molecular flexibility index (Phi) is 2.18. The molecule has 0 amide bonds. The molecule has 2 bridgehead atoms. The third kappa shape index (κ3) is 1.24. The summed E-state index contributed by atoms with van der Waals surface area (Å²) < 4.78 is 0. The van der Waals surface area contributed by atoms with Gasteiger partial charge in [0.1, 0.15) is 5.60 Å². The zero-order valence-corrected chi connectivity index (χ0v) is 10.2. The van der Waals surface area contributed by atoms with E-state index in [0.29, 0.717) is 0 Å². The Bertz CT molecular complexity index is 550. The summed E-state index contributed by atoms with van der Waals surface area (Å²) in [6.45, 7) is 3.53. The molecule has 0 aromatic heterocycles. The van der Waals surface area contributed by atoms with Gasteiger partial charge < -0.3 is 5.11 Å². The second-order valence-corrected chi connectivity index (χ2v) is 5.01. The van der Waals surface area contributed by atoms with Crippen LogP contribution < -0.4 is 0 Å². The number of rotatable bonds is 2. The van der Waals surface area contributed by atoms with E-state index in [0.717, 1.165) is 11.1 Å². The molecule has 1 aromatic rings. The summed E-state index contributed by atoms with van der Waals surface area (Å²) in [7, 11) is 0. The smallest absolute Gasteiger partial charge is 0.309 e. The van der Waals surface area contributed by atoms with E-state index in [4.69, 9.17) is 9.78 Å². The van der Waals surface area contributed by atoms with E-state index in [9.17, 15) is 9.90 Å². The standard InChI is InChI=1S/C14H14O4/c1-9(12(15)16)14-8-7-13(2,17-18-14)10-5-3-4-6-11(10)14/h3-9H,1-2H3,(H,15,16)/t9-,13-,14-/m0/s1. The van der Waals surface area contributed by atoms with Gasteiger partial charge in [-0.1, -0.05) is 24.3 Å². The number of benzene rings is 1. The van der Waals surface area contributed by atoms with Gasteiger partial charge in [-0.25, -0.2) is 9.78 Å². The lowest BCUT2D eigenvalue weighted by Gasteiger charge is -2.48. The number of aliphatic carboxylic acids is 1. The van der Waals surface area contributed by atoms with Crippen LogP contribution >= 0.6 is 0 Å². The molecule has 3 aliphatic rings. The molecule has 1 aliphatic carbocycles. The lowest BCUT2D eigenvalue weighted by atomic mass is 9.71. The van der Waals surface area contributed by atoms with Gasteiger partial charge in [0.2, 0.25) is 0 Å². The third-order valence-electron chi connectivity index (χ3n) is 3.90. The predicted molar refractivity (Wildman–Crippen MR) is 63.6 cm³/mol. The summed E-state index contributed by atoms with van der Waals surface area (Å²) in [4.78, 5) is 22.2. The molecule has 3 atom stereocenters. The molecule has 18 heavy (non-hydrogen) atoms. The van der Waals surface area contributed by atoms with Crippen LogP contribution in [0.3, 0.4) is 0 Å². The van der Waals surface area contributed by atoms with Crippen LogP contribution in [0.5, 0.6) is 0 Å². The van der Waals surface area contributed by atoms with Gasteiger partial charge in [0.05, 0.1) is 5.92 Å². The number of carbonyl (C=O) groups is 1. The zero-order chi connectivity index (χ0) is 13.0. The Morgan fingerprint density at radius 3 is 2.44 bits per heavy atom. The fourth-order valence-corrected chi connectivity index (χ4v) is 2.65. The lowest BCUT2D eigenvalue weighted by molar-refractivity contribution is -0.425. The maximum Gasteiger partial charge on any atom is 0.309 e. The second-order valence-electron chi connectivity index (χ2n) is 5.01. The van der Waals surface area contributed by atoms with Crippen molar-refractivity contribution in [1.82, 2.24) is 0 Å². The average molecular weight is 246 g/mol. The predicted octanol–water partition coefficient (Wildman–Crippen LogP) is 2.35. The van der Waals surface area contributed by atoms with Gasteiger partial charge in [-0.05, 0) is 37.1 Å². The van der Waals surface area contributed by atoms with Crippen LogP contribution in [0, 0.1) is 5.92 Å². The highest BCUT2D eigenvalue weighted by Gasteiger charge is 2.54. The summed E-state index contributed by atoms with van der Waals surface area (Å²) in [5.41, 5.74) is 0.180. The normalized spacial score (nSPS) is 34.1. The largest absolute Gasteiger partial charge is 0.481 e. The van der Waals surface area contributed by atoms with Crippen LogP contribution in [0.2, 0.25) is 0 Å². The number of carboxylic acids is 1. The molecule has 0 saturated heterocycles. The molecule has 0 unspecified atom stereocenters. The van der Waals surface area contributed by atoms with Crippen molar-refractivity contribution in [3.8, 4) is 0 Å². The van der Waals surface area contributed by atoms with Gasteiger partial charge in [0.15, 0.2) is 5.60 Å². The Hall–Kier alpha value is -1.65. The van der Waals surface area contributed by atoms with E-state index in [-0.39, 0.29) is 0 Å². The van der Waals surface area contributed by atoms with Crippen molar-refractivity contribution in [2.24, 2.45) is 5.92 Å². The number of hydrogen-bond acceptors (Lipinski definition) is 3. The Labute approximate surface area is 105 Å². The van der Waals surface area contributed by atoms with Gasteiger partial charge in [0.25, 0.3) is 0 Å². The first kappa shape index (κ1) is 11.4. The van der Waals surface area contributed by atoms with E-state index in [1.165, 1.54) is 0 Å². The molecule has 1 aromatic carbocycles. The Morgan fingerprint density at radius 2 is 1.89 bits per heavy atom. The Balaban J connectivity index is 2.24. The van der Waals surface area contributed by atoms with E-state index in [1.807, 2.05) is 37.3 Å². The molecule has 0 saturated carbocycles. The van der Waals surface area contributed by atoms with Crippen LogP contribution in [0.1, 0.15) is 25.0 Å². The van der Waals surface area contributed by atoms with Crippen molar-refractivity contribution in [3.63, 3.8) is 0 Å². The van der Waals surface area contributed by atoms with Crippen LogP contribution in [0.4, 0.5) is 0 Å². The van der Waals surface area contributed by atoms with Crippen LogP contribution in [-0.4, -0.2) is 11.1 Å². The minimum absolute atomic E-state index is 0.628. The van der Waals surface area contributed by atoms with Gasteiger partial charge in [-0.3, -0.25) is 4.79 Å². The van der Waals surface area contributed by atoms with Crippen molar-refractivity contribution < 1.29 is 19.7 Å². The molecule has 2 heterocycles. The van der Waals surface area contributed by atoms with E-state index in [2.05, 4.69) is 0 Å². The molecule has 0 radical (unpaired) electrons. The molecular weight excluding hydrogens is 232 g/mol. The average Bonchev–Trinajstić information content (AvgIpc) is 2.39. The molecule has 4 heteroatoms. The lowest BCUT2D eigenvalue weighted by Crippen LogP contribution is -2.50. The summed E-state index contributed by atoms with van der Waals surface area (Å²) in [6.07, 6.45) is 3.68. The van der Waals surface area contributed by atoms with Crippen molar-refractivity contribution in [2.75, 3.05) is 0 Å². The quantitative estimate of drug-likeness (QED) is 0.643. The number of fused-ring (bicyclic) bond motifs is 1. The minimum atomic E-state index is -1.03. The molecule has 94 valence electrons. The van der Waals surface area contributed by atoms with Crippen molar-refractivity contribution in [1.29, 1.82) is 0 Å². The maximum absolute atomic E-state index is 11.3. The Morgan fingerprint density at radius 1 is 1.22 bits per heavy atom. The van der Waals surface area contributed by atoms with Crippen molar-refractivity contribution in [2.45, 2.75) is 25.0 Å². The first-order valence-electron chi connectivity index (χ1n) is 5.90. The maximum atomic E-state index is 11.3. The van der Waals surface area contributed by atoms with E-state index >= 15 is 0 Å². The topological polar surface area (TPSA) is 55.8 Å². The van der Waals surface area contributed by atoms with Crippen molar-refractivity contribution in [3.05, 3.63) is 47.5 Å². The highest BCUT2D eigenvalue weighted by atomic mass is 17.2. The van der Waals surface area contributed by atoms with Gasteiger partial charge in [0, 0.05) is 0 Å². The summed E-state index contributed by atoms with van der Waals surface area (Å²) in [5.74, 6) is -1.64. The van der Waals surface area contributed by atoms with Crippen LogP contribution in [0.25, 0.3) is 0 Å². The third-order valence-corrected chi connectivity index (χ3v) is 3.90. The second kappa shape index (κ2) is 3.43. The first-order chi connectivity index (χ1) is 8.50. The molecule has 1 N–H and O–H groups in total. The van der Waals surface area contributed by atoms with Crippen molar-refractivity contribution >= 4 is 5.97 Å². The fourth-order valence-electron chi connectivity index (χ4n) is 2.65. The summed E-state index contributed by atoms with van der Waals surface area (Å²) >= 11 is 0. The summed E-state index contributed by atoms with van der Waals surface area (Å²) in [5, 5.41) is 9.27. The fraction of sp³-hybridized carbons (Fsp3) is 0.357.